The van der Waals surface area contributed by atoms with Crippen LogP contribution in [0.4, 0.5) is 11.4 Å². The molecule has 4 nitrogen and oxygen atoms in total. The second-order valence-corrected chi connectivity index (χ2v) is 5.37. The molecule has 0 amide bonds. The molecule has 1 atom stereocenters. The predicted molar refractivity (Wildman–Crippen MR) is 71.4 cm³/mol. The SMILES string of the molecule is Nc1c(N2CCC(CO)C2)ccc2scnc12. The Morgan fingerprint density at radius 1 is 1.53 bits per heavy atom. The first-order valence-electron chi connectivity index (χ1n) is 5.77. The van der Waals surface area contributed by atoms with Crippen molar-refractivity contribution < 1.29 is 5.11 Å². The topological polar surface area (TPSA) is 62.4 Å². The Morgan fingerprint density at radius 2 is 2.41 bits per heavy atom. The van der Waals surface area contributed by atoms with Crippen molar-refractivity contribution in [3.63, 3.8) is 0 Å². The number of thiazole rings is 1. The van der Waals surface area contributed by atoms with E-state index in [0.29, 0.717) is 5.92 Å². The standard InChI is InChI=1S/C12H15N3OS/c13-11-9(15-4-3-8(5-15)6-16)1-2-10-12(11)14-7-17-10/h1-2,7-8,16H,3-6,13H2. The maximum Gasteiger partial charge on any atom is 0.106 e. The van der Waals surface area contributed by atoms with Crippen LogP contribution in [0, 0.1) is 5.92 Å². The molecule has 0 bridgehead atoms. The van der Waals surface area contributed by atoms with Crippen molar-refractivity contribution in [2.75, 3.05) is 30.3 Å². The fraction of sp³-hybridized carbons (Fsp3) is 0.417. The third kappa shape index (κ3) is 1.75. The number of nitrogens with two attached hydrogens (primary N) is 1. The summed E-state index contributed by atoms with van der Waals surface area (Å²) in [5.74, 6) is 0.375. The van der Waals surface area contributed by atoms with Gasteiger partial charge >= 0.3 is 0 Å². The highest BCUT2D eigenvalue weighted by molar-refractivity contribution is 7.16. The molecule has 0 radical (unpaired) electrons. The Bertz CT molecular complexity index is 540. The quantitative estimate of drug-likeness (QED) is 0.795. The molecule has 1 fully saturated rings. The number of anilines is 2. The number of benzene rings is 1. The van der Waals surface area contributed by atoms with Crippen LogP contribution in [0.15, 0.2) is 17.6 Å². The first-order valence-corrected chi connectivity index (χ1v) is 6.65. The van der Waals surface area contributed by atoms with Crippen LogP contribution in [0.5, 0.6) is 0 Å². The molecule has 1 aliphatic rings. The lowest BCUT2D eigenvalue weighted by molar-refractivity contribution is 0.238. The normalized spacial score (nSPS) is 20.3. The lowest BCUT2D eigenvalue weighted by Gasteiger charge is -2.20. The van der Waals surface area contributed by atoms with Gasteiger partial charge in [0.15, 0.2) is 0 Å². The van der Waals surface area contributed by atoms with Gasteiger partial charge in [0.2, 0.25) is 0 Å². The zero-order valence-electron chi connectivity index (χ0n) is 9.47. The van der Waals surface area contributed by atoms with Crippen molar-refractivity contribution in [1.82, 2.24) is 4.98 Å². The monoisotopic (exact) mass is 249 g/mol. The fourth-order valence-electron chi connectivity index (χ4n) is 2.42. The second-order valence-electron chi connectivity index (χ2n) is 4.48. The van der Waals surface area contributed by atoms with E-state index in [1.807, 2.05) is 5.51 Å². The fourth-order valence-corrected chi connectivity index (χ4v) is 3.11. The first-order chi connectivity index (χ1) is 8.29. The summed E-state index contributed by atoms with van der Waals surface area (Å²) >= 11 is 1.61. The third-order valence-corrected chi connectivity index (χ3v) is 4.20. The number of rotatable bonds is 2. The van der Waals surface area contributed by atoms with E-state index in [0.717, 1.165) is 41.1 Å². The van der Waals surface area contributed by atoms with Gasteiger partial charge in [0.1, 0.15) is 5.52 Å². The van der Waals surface area contributed by atoms with Crippen LogP contribution in [-0.4, -0.2) is 29.8 Å². The van der Waals surface area contributed by atoms with E-state index in [4.69, 9.17) is 5.73 Å². The number of aliphatic hydroxyl groups is 1. The van der Waals surface area contributed by atoms with Crippen molar-refractivity contribution in [1.29, 1.82) is 0 Å². The Hall–Kier alpha value is -1.33. The van der Waals surface area contributed by atoms with Crippen molar-refractivity contribution in [2.24, 2.45) is 5.92 Å². The van der Waals surface area contributed by atoms with Gasteiger partial charge in [-0.05, 0) is 18.6 Å². The predicted octanol–water partition coefficient (Wildman–Crippen LogP) is 1.70. The van der Waals surface area contributed by atoms with Crippen LogP contribution in [0.1, 0.15) is 6.42 Å². The molecule has 5 heteroatoms. The number of nitrogens with zero attached hydrogens (tertiary/aromatic N) is 2. The zero-order chi connectivity index (χ0) is 11.8. The highest BCUT2D eigenvalue weighted by Gasteiger charge is 2.24. The van der Waals surface area contributed by atoms with Crippen LogP contribution >= 0.6 is 11.3 Å². The van der Waals surface area contributed by atoms with Gasteiger partial charge in [-0.15, -0.1) is 11.3 Å². The molecule has 1 aliphatic heterocycles. The van der Waals surface area contributed by atoms with Crippen LogP contribution in [0.3, 0.4) is 0 Å². The van der Waals surface area contributed by atoms with Gasteiger partial charge in [-0.1, -0.05) is 0 Å². The zero-order valence-corrected chi connectivity index (χ0v) is 10.3. The van der Waals surface area contributed by atoms with E-state index in [1.165, 1.54) is 0 Å². The average Bonchev–Trinajstić information content (AvgIpc) is 2.97. The van der Waals surface area contributed by atoms with Gasteiger partial charge in [-0.25, -0.2) is 4.98 Å². The molecule has 17 heavy (non-hydrogen) atoms. The number of hydrogen-bond acceptors (Lipinski definition) is 5. The summed E-state index contributed by atoms with van der Waals surface area (Å²) in [6.07, 6.45) is 1.03. The molecule has 0 saturated carbocycles. The minimum atomic E-state index is 0.259. The molecule has 1 aromatic carbocycles. The highest BCUT2D eigenvalue weighted by atomic mass is 32.1. The number of fused-ring (bicyclic) bond motifs is 1. The molecule has 1 aromatic heterocycles. The maximum absolute atomic E-state index is 9.17. The first kappa shape index (κ1) is 10.8. The summed E-state index contributed by atoms with van der Waals surface area (Å²) in [7, 11) is 0. The third-order valence-electron chi connectivity index (χ3n) is 3.40. The molecule has 3 N–H and O–H groups in total. The summed E-state index contributed by atoms with van der Waals surface area (Å²) in [6.45, 7) is 2.11. The van der Waals surface area contributed by atoms with Crippen molar-refractivity contribution in [2.45, 2.75) is 6.42 Å². The molecule has 0 spiro atoms. The Kier molecular flexibility index (Phi) is 2.64. The number of aromatic nitrogens is 1. The van der Waals surface area contributed by atoms with E-state index < -0.39 is 0 Å². The van der Waals surface area contributed by atoms with Crippen molar-refractivity contribution >= 4 is 32.9 Å². The second kappa shape index (κ2) is 4.16. The largest absolute Gasteiger partial charge is 0.396 e. The molecule has 0 aliphatic carbocycles. The Balaban J connectivity index is 1.97. The highest BCUT2D eigenvalue weighted by Crippen LogP contribution is 2.34. The molecular weight excluding hydrogens is 234 g/mol. The molecular formula is C12H15N3OS. The molecule has 1 unspecified atom stereocenters. The average molecular weight is 249 g/mol. The number of hydrogen-bond donors (Lipinski definition) is 2. The van der Waals surface area contributed by atoms with Crippen molar-refractivity contribution in [3.8, 4) is 0 Å². The molecule has 1 saturated heterocycles. The molecule has 90 valence electrons. The van der Waals surface area contributed by atoms with Gasteiger partial charge in [0.25, 0.3) is 0 Å². The molecule has 2 aromatic rings. The Labute approximate surface area is 104 Å². The number of aliphatic hydroxyl groups excluding tert-OH is 1. The van der Waals surface area contributed by atoms with E-state index >= 15 is 0 Å². The van der Waals surface area contributed by atoms with E-state index in [1.54, 1.807) is 11.3 Å². The van der Waals surface area contributed by atoms with Gasteiger partial charge in [-0.3, -0.25) is 0 Å². The van der Waals surface area contributed by atoms with E-state index in [-0.39, 0.29) is 6.61 Å². The lowest BCUT2D eigenvalue weighted by atomic mass is 10.1. The Morgan fingerprint density at radius 3 is 3.18 bits per heavy atom. The van der Waals surface area contributed by atoms with Crippen LogP contribution in [0.2, 0.25) is 0 Å². The summed E-state index contributed by atoms with van der Waals surface area (Å²) < 4.78 is 1.13. The minimum Gasteiger partial charge on any atom is -0.396 e. The van der Waals surface area contributed by atoms with Gasteiger partial charge in [-0.2, -0.15) is 0 Å². The lowest BCUT2D eigenvalue weighted by Crippen LogP contribution is -2.21. The summed E-state index contributed by atoms with van der Waals surface area (Å²) in [5, 5.41) is 9.17. The van der Waals surface area contributed by atoms with Gasteiger partial charge < -0.3 is 15.7 Å². The maximum atomic E-state index is 9.17. The smallest absolute Gasteiger partial charge is 0.106 e. The molecule has 2 heterocycles. The van der Waals surface area contributed by atoms with E-state index in [2.05, 4.69) is 22.0 Å². The van der Waals surface area contributed by atoms with Crippen LogP contribution in [-0.2, 0) is 0 Å². The van der Waals surface area contributed by atoms with Crippen LogP contribution in [0.25, 0.3) is 10.2 Å². The van der Waals surface area contributed by atoms with Gasteiger partial charge in [0, 0.05) is 25.6 Å². The van der Waals surface area contributed by atoms with E-state index in [9.17, 15) is 5.11 Å². The van der Waals surface area contributed by atoms with Crippen molar-refractivity contribution in [3.05, 3.63) is 17.6 Å². The minimum absolute atomic E-state index is 0.259. The van der Waals surface area contributed by atoms with Crippen LogP contribution < -0.4 is 10.6 Å². The summed E-state index contributed by atoms with van der Waals surface area (Å²) in [5.41, 5.74) is 10.7. The summed E-state index contributed by atoms with van der Waals surface area (Å²) in [6, 6.07) is 4.14. The number of nitrogen functional groups attached to an aromatic ring is 1. The van der Waals surface area contributed by atoms with Gasteiger partial charge in [0.05, 0.1) is 21.6 Å². The summed E-state index contributed by atoms with van der Waals surface area (Å²) in [4.78, 5) is 6.55. The molecule has 3 rings (SSSR count).